The van der Waals surface area contributed by atoms with Gasteiger partial charge in [-0.05, 0) is 109 Å². The number of phenols is 6. The van der Waals surface area contributed by atoms with Crippen LogP contribution in [-0.2, 0) is 0 Å². The fourth-order valence-corrected chi connectivity index (χ4v) is 5.22. The normalized spacial score (nSPS) is 10.7. The number of aromatic nitrogens is 6. The third-order valence-corrected chi connectivity index (χ3v) is 8.18. The zero-order valence-corrected chi connectivity index (χ0v) is 28.2. The predicted octanol–water partition coefficient (Wildman–Crippen LogP) is 8.27. The summed E-state index contributed by atoms with van der Waals surface area (Å²) in [6.45, 7) is 0. The van der Waals surface area contributed by atoms with Gasteiger partial charge in [0.25, 0.3) is 0 Å². The third kappa shape index (κ3) is 8.19. The fourth-order valence-electron chi connectivity index (χ4n) is 5.22. The van der Waals surface area contributed by atoms with E-state index in [1.165, 1.54) is 73.6 Å². The molecule has 6 aromatic carbocycles. The second-order valence-electron chi connectivity index (χ2n) is 12.0. The molecular weight excluding hydrogens is 684 g/mol. The fraction of sp³-hybridized carbons (Fsp3) is 0. The summed E-state index contributed by atoms with van der Waals surface area (Å²) in [5.74, 6) is -0.172. The van der Waals surface area contributed by atoms with Crippen molar-refractivity contribution in [2.75, 3.05) is 0 Å². The molecule has 0 unspecified atom stereocenters. The molecule has 7 rings (SSSR count). The van der Waals surface area contributed by atoms with Crippen LogP contribution in [0.25, 0.3) is 65.4 Å². The standard InChI is InChI=1S/C42H30N6O6/c49-37-7-1-31-13-25(37)20-44-33-3-9-39(51)27(15-33)22-46-35-5-11-41(53)29(17-35)24-48-36-6-12-42(54)30(18-36)23-47-34-4-10-40(52)28(16-34)21-45-32-2-8-38(50)26(14-32)19-43-31/h1-24,49-54H. The summed E-state index contributed by atoms with van der Waals surface area (Å²) in [6, 6.07) is 28.3. The zero-order chi connectivity index (χ0) is 37.6. The van der Waals surface area contributed by atoms with Crippen LogP contribution in [0.4, 0.5) is 0 Å². The van der Waals surface area contributed by atoms with Crippen molar-refractivity contribution >= 4 is 65.4 Å². The number of phenolic OH excluding ortho intramolecular Hbond substituents is 6. The lowest BCUT2D eigenvalue weighted by Crippen LogP contribution is -1.78. The van der Waals surface area contributed by atoms with Crippen LogP contribution in [0.1, 0.15) is 0 Å². The molecular formula is C42H30N6O6. The van der Waals surface area contributed by atoms with Crippen molar-refractivity contribution in [1.82, 2.24) is 29.9 Å². The van der Waals surface area contributed by atoms with Crippen molar-refractivity contribution in [1.29, 1.82) is 0 Å². The maximum absolute atomic E-state index is 10.5. The van der Waals surface area contributed by atoms with Crippen molar-refractivity contribution in [2.24, 2.45) is 0 Å². The van der Waals surface area contributed by atoms with Crippen molar-refractivity contribution in [3.63, 3.8) is 0 Å². The number of fused-ring (bicyclic) bond motifs is 12. The molecule has 7 aromatic rings. The molecule has 0 radical (unpaired) electrons. The van der Waals surface area contributed by atoms with E-state index in [2.05, 4.69) is 29.9 Å². The van der Waals surface area contributed by atoms with Crippen LogP contribution in [0.15, 0.2) is 146 Å². The molecule has 0 atom stereocenters. The molecule has 6 N–H and O–H groups in total. The molecule has 12 heteroatoms. The van der Waals surface area contributed by atoms with E-state index in [0.29, 0.717) is 65.4 Å². The lowest BCUT2D eigenvalue weighted by Gasteiger charge is -1.97. The van der Waals surface area contributed by atoms with Crippen LogP contribution in [0.3, 0.4) is 0 Å². The molecule has 0 saturated heterocycles. The second-order valence-corrected chi connectivity index (χ2v) is 12.0. The van der Waals surface area contributed by atoms with Crippen LogP contribution in [0.2, 0.25) is 0 Å². The molecule has 0 saturated carbocycles. The Morgan fingerprint density at radius 2 is 0.370 bits per heavy atom. The van der Waals surface area contributed by atoms with Gasteiger partial charge in [0.2, 0.25) is 0 Å². The van der Waals surface area contributed by atoms with Gasteiger partial charge in [0, 0.05) is 69.5 Å². The molecule has 12 nitrogen and oxygen atoms in total. The average Bonchev–Trinajstić information content (AvgIpc) is 3.17. The van der Waals surface area contributed by atoms with Crippen LogP contribution >= 0.6 is 0 Å². The predicted molar refractivity (Wildman–Crippen MR) is 208 cm³/mol. The van der Waals surface area contributed by atoms with E-state index in [0.717, 1.165) is 0 Å². The van der Waals surface area contributed by atoms with Crippen molar-refractivity contribution < 1.29 is 30.6 Å². The Hall–Kier alpha value is -7.86. The first-order chi connectivity index (χ1) is 26.2. The van der Waals surface area contributed by atoms with Gasteiger partial charge in [0.15, 0.2) is 0 Å². The monoisotopic (exact) mass is 714 g/mol. The van der Waals surface area contributed by atoms with Crippen LogP contribution in [0, 0.1) is 0 Å². The minimum atomic E-state index is -0.0287. The molecule has 0 fully saturated rings. The Bertz CT molecular complexity index is 2430. The van der Waals surface area contributed by atoms with Gasteiger partial charge < -0.3 is 30.6 Å². The zero-order valence-electron chi connectivity index (χ0n) is 28.2. The summed E-state index contributed by atoms with van der Waals surface area (Å²) >= 11 is 0. The lowest BCUT2D eigenvalue weighted by atomic mass is 10.2. The van der Waals surface area contributed by atoms with Gasteiger partial charge in [-0.15, -0.1) is 0 Å². The Morgan fingerprint density at radius 1 is 0.222 bits per heavy atom. The number of nitrogens with zero attached hydrogens (tertiary/aromatic N) is 6. The second kappa shape index (κ2) is 15.2. The molecule has 0 aliphatic heterocycles. The largest absolute Gasteiger partial charge is 0.507 e. The van der Waals surface area contributed by atoms with E-state index < -0.39 is 0 Å². The van der Waals surface area contributed by atoms with E-state index in [9.17, 15) is 30.6 Å². The van der Waals surface area contributed by atoms with Crippen LogP contribution in [0.5, 0.6) is 34.5 Å². The number of rotatable bonds is 0. The SMILES string of the molecule is Oc1ccc2cc1cnc1ccc(O)c(cnc3ccc(O)c(cnc4ccc(O)c(cnc5ccc(O)c(cnc6ccc(O)c(cn2)c6)c5)c4)c3)c1. The first-order valence-electron chi connectivity index (χ1n) is 16.4. The first-order valence-corrected chi connectivity index (χ1v) is 16.4. The molecule has 0 aliphatic rings. The summed E-state index contributed by atoms with van der Waals surface area (Å²) in [7, 11) is 0. The summed E-state index contributed by atoms with van der Waals surface area (Å²) in [4.78, 5) is 26.8. The minimum Gasteiger partial charge on any atom is -0.507 e. The number of hydrogen-bond acceptors (Lipinski definition) is 12. The maximum Gasteiger partial charge on any atom is 0.124 e. The summed E-state index contributed by atoms with van der Waals surface area (Å²) in [5, 5.41) is 65.4. The molecule has 0 amide bonds. The molecule has 0 aliphatic carbocycles. The topological polar surface area (TPSA) is 199 Å². The minimum absolute atomic E-state index is 0.0287. The molecule has 54 heavy (non-hydrogen) atoms. The Labute approximate surface area is 306 Å². The smallest absolute Gasteiger partial charge is 0.124 e. The molecule has 0 spiro atoms. The van der Waals surface area contributed by atoms with Crippen LogP contribution < -0.4 is 0 Å². The first kappa shape index (κ1) is 34.6. The molecule has 264 valence electrons. The molecule has 1 aromatic heterocycles. The van der Waals surface area contributed by atoms with Gasteiger partial charge in [-0.3, -0.25) is 29.9 Å². The number of benzene rings is 6. The number of hydrogen-bond donors (Lipinski definition) is 6. The quantitative estimate of drug-likeness (QED) is 0.0880. The van der Waals surface area contributed by atoms with Gasteiger partial charge in [0.1, 0.15) is 34.5 Å². The van der Waals surface area contributed by atoms with E-state index >= 15 is 0 Å². The van der Waals surface area contributed by atoms with Crippen molar-refractivity contribution in [3.05, 3.63) is 146 Å². The van der Waals surface area contributed by atoms with Gasteiger partial charge >= 0.3 is 0 Å². The van der Waals surface area contributed by atoms with Gasteiger partial charge in [-0.25, -0.2) is 0 Å². The van der Waals surface area contributed by atoms with E-state index in [1.807, 2.05) is 0 Å². The Balaban J connectivity index is 1.47. The van der Waals surface area contributed by atoms with Crippen LogP contribution in [-0.4, -0.2) is 60.5 Å². The van der Waals surface area contributed by atoms with Gasteiger partial charge in [-0.2, -0.15) is 0 Å². The highest BCUT2D eigenvalue weighted by Gasteiger charge is 2.00. The average molecular weight is 715 g/mol. The van der Waals surface area contributed by atoms with Gasteiger partial charge in [0.05, 0.1) is 33.1 Å². The van der Waals surface area contributed by atoms with E-state index in [-0.39, 0.29) is 34.5 Å². The van der Waals surface area contributed by atoms with Crippen molar-refractivity contribution in [2.45, 2.75) is 0 Å². The highest BCUT2D eigenvalue weighted by molar-refractivity contribution is 5.77. The lowest BCUT2D eigenvalue weighted by molar-refractivity contribution is 0.480. The molecule has 12 bridgehead atoms. The van der Waals surface area contributed by atoms with E-state index in [4.69, 9.17) is 0 Å². The summed E-state index contributed by atoms with van der Waals surface area (Å²) < 4.78 is 0. The van der Waals surface area contributed by atoms with E-state index in [1.54, 1.807) is 72.8 Å². The maximum atomic E-state index is 10.5. The summed E-state index contributed by atoms with van der Waals surface area (Å²) in [5.41, 5.74) is 2.84. The molecule has 1 heterocycles. The highest BCUT2D eigenvalue weighted by Crippen LogP contribution is 2.24. The van der Waals surface area contributed by atoms with Gasteiger partial charge in [-0.1, -0.05) is 0 Å². The Kier molecular flexibility index (Phi) is 9.72. The summed E-state index contributed by atoms with van der Waals surface area (Å²) in [6.07, 6.45) is 8.78. The Morgan fingerprint density at radius 3 is 0.519 bits per heavy atom. The highest BCUT2D eigenvalue weighted by atomic mass is 16.3. The number of aromatic hydroxyl groups is 6. The third-order valence-electron chi connectivity index (χ3n) is 8.18. The van der Waals surface area contributed by atoms with Crippen molar-refractivity contribution in [3.8, 4) is 34.5 Å².